The van der Waals surface area contributed by atoms with Gasteiger partial charge in [0.2, 0.25) is 0 Å². The van der Waals surface area contributed by atoms with E-state index in [9.17, 15) is 61.9 Å². The third-order valence-electron chi connectivity index (χ3n) is 3.92. The molecule has 8 nitrogen and oxygen atoms in total. The monoisotopic (exact) mass is 566 g/mol. The summed E-state index contributed by atoms with van der Waals surface area (Å²) in [7, 11) is -6.78. The lowest BCUT2D eigenvalue weighted by molar-refractivity contribution is -0.354. The fourth-order valence-corrected chi connectivity index (χ4v) is 2.59. The average molecular weight is 566 g/mol. The van der Waals surface area contributed by atoms with E-state index in [1.165, 1.54) is 0 Å². The molecule has 19 heteroatoms. The molecule has 1 aromatic carbocycles. The molecule has 0 fully saturated rings. The number of alkyl halides is 10. The normalized spacial score (nSPS) is 15.1. The molecule has 0 radical (unpaired) electrons. The summed E-state index contributed by atoms with van der Waals surface area (Å²) >= 11 is 0. The molecule has 0 aliphatic rings. The lowest BCUT2D eigenvalue weighted by atomic mass is 10.2. The van der Waals surface area contributed by atoms with Crippen molar-refractivity contribution in [1.82, 2.24) is 0 Å². The summed E-state index contributed by atoms with van der Waals surface area (Å²) in [6.45, 7) is 0.438. The molecule has 0 amide bonds. The fourth-order valence-electron chi connectivity index (χ4n) is 2.11. The first kappa shape index (κ1) is 31.1. The van der Waals surface area contributed by atoms with E-state index in [2.05, 4.69) is 20.8 Å². The van der Waals surface area contributed by atoms with E-state index in [0.29, 0.717) is 12.1 Å². The topological polar surface area (TPSA) is 116 Å². The number of benzene rings is 1. The summed E-state index contributed by atoms with van der Waals surface area (Å²) in [4.78, 5) is 23.7. The van der Waals surface area contributed by atoms with E-state index in [4.69, 9.17) is 4.55 Å². The lowest BCUT2D eigenvalue weighted by Gasteiger charge is -2.32. The van der Waals surface area contributed by atoms with Gasteiger partial charge in [-0.1, -0.05) is 6.58 Å². The maximum Gasteiger partial charge on any atom is 0.468 e. The van der Waals surface area contributed by atoms with E-state index in [0.717, 1.165) is 0 Å². The van der Waals surface area contributed by atoms with Crippen molar-refractivity contribution < 1.29 is 80.7 Å². The molecule has 0 aliphatic heterocycles. The number of ether oxygens (including phenoxy) is 3. The highest BCUT2D eigenvalue weighted by Gasteiger charge is 2.69. The Kier molecular flexibility index (Phi) is 8.82. The molecule has 0 spiro atoms. The Bertz CT molecular complexity index is 1080. The molecule has 1 atom stereocenters. The Hall–Kier alpha value is -2.93. The second kappa shape index (κ2) is 10.2. The summed E-state index contributed by atoms with van der Waals surface area (Å²) in [6.07, 6.45) is -13.7. The summed E-state index contributed by atoms with van der Waals surface area (Å²) in [5.41, 5.74) is -1.33. The van der Waals surface area contributed by atoms with Crippen molar-refractivity contribution in [3.63, 3.8) is 0 Å². The van der Waals surface area contributed by atoms with Crippen LogP contribution in [-0.4, -0.2) is 54.7 Å². The standard InChI is InChI=1S/C17H12F10O8S/c1-2-11(28)35-14(16(23,24)25,33-8-7-13(18,19)17(26,27)36(30,31)32)12(29)34-10-5-3-9(4-6-10)15(20,21)22/h2-6H,1,7-8H2,(H,30,31,32). The average Bonchev–Trinajstić information content (AvgIpc) is 2.70. The minimum absolute atomic E-state index is 0.0242. The van der Waals surface area contributed by atoms with Gasteiger partial charge < -0.3 is 14.2 Å². The molecular weight excluding hydrogens is 554 g/mol. The first-order valence-electron chi connectivity index (χ1n) is 8.70. The highest BCUT2D eigenvalue weighted by molar-refractivity contribution is 7.87. The molecule has 0 bridgehead atoms. The molecule has 0 saturated carbocycles. The Labute approximate surface area is 194 Å². The number of carbonyl (C=O) groups excluding carboxylic acids is 2. The second-order valence-electron chi connectivity index (χ2n) is 6.45. The third kappa shape index (κ3) is 6.64. The van der Waals surface area contributed by atoms with E-state index in [-0.39, 0.29) is 18.2 Å². The number of esters is 2. The third-order valence-corrected chi connectivity index (χ3v) is 4.86. The van der Waals surface area contributed by atoms with Gasteiger partial charge in [-0.3, -0.25) is 4.55 Å². The van der Waals surface area contributed by atoms with Crippen LogP contribution in [0.15, 0.2) is 36.9 Å². The maximum absolute atomic E-state index is 13.7. The smallest absolute Gasteiger partial charge is 0.421 e. The Morgan fingerprint density at radius 3 is 1.83 bits per heavy atom. The summed E-state index contributed by atoms with van der Waals surface area (Å²) in [5.74, 6) is -16.6. The van der Waals surface area contributed by atoms with Gasteiger partial charge in [0.1, 0.15) is 5.75 Å². The van der Waals surface area contributed by atoms with Gasteiger partial charge in [-0.05, 0) is 24.3 Å². The largest absolute Gasteiger partial charge is 0.468 e. The first-order chi connectivity index (χ1) is 16.0. The highest BCUT2D eigenvalue weighted by Crippen LogP contribution is 2.42. The van der Waals surface area contributed by atoms with Crippen LogP contribution in [-0.2, 0) is 35.4 Å². The quantitative estimate of drug-likeness (QED) is 0.112. The second-order valence-corrected chi connectivity index (χ2v) is 7.91. The predicted octanol–water partition coefficient (Wildman–Crippen LogP) is 4.12. The number of carbonyl (C=O) groups is 2. The van der Waals surface area contributed by atoms with Crippen molar-refractivity contribution >= 4 is 22.1 Å². The van der Waals surface area contributed by atoms with Crippen molar-refractivity contribution in [3.05, 3.63) is 42.5 Å². The highest BCUT2D eigenvalue weighted by atomic mass is 32.2. The molecule has 36 heavy (non-hydrogen) atoms. The molecule has 0 heterocycles. The number of hydrogen-bond donors (Lipinski definition) is 1. The molecule has 1 rings (SSSR count). The van der Waals surface area contributed by atoms with E-state index in [1.54, 1.807) is 0 Å². The molecule has 1 N–H and O–H groups in total. The Balaban J connectivity index is 3.35. The van der Waals surface area contributed by atoms with E-state index in [1.807, 2.05) is 0 Å². The predicted molar refractivity (Wildman–Crippen MR) is 94.2 cm³/mol. The minimum atomic E-state index is -6.78. The molecule has 0 saturated heterocycles. The molecule has 0 aromatic heterocycles. The minimum Gasteiger partial charge on any atom is -0.421 e. The van der Waals surface area contributed by atoms with Gasteiger partial charge in [0.15, 0.2) is 0 Å². The Morgan fingerprint density at radius 1 is 0.944 bits per heavy atom. The Morgan fingerprint density at radius 2 is 1.44 bits per heavy atom. The lowest BCUT2D eigenvalue weighted by Crippen LogP contribution is -2.59. The van der Waals surface area contributed by atoms with Crippen LogP contribution in [0.25, 0.3) is 0 Å². The number of hydrogen-bond acceptors (Lipinski definition) is 7. The molecule has 204 valence electrons. The number of halogens is 10. The molecule has 1 unspecified atom stereocenters. The molecular formula is C17H12F10O8S. The van der Waals surface area contributed by atoms with Crippen molar-refractivity contribution in [1.29, 1.82) is 0 Å². The van der Waals surface area contributed by atoms with Gasteiger partial charge in [-0.15, -0.1) is 0 Å². The van der Waals surface area contributed by atoms with Crippen LogP contribution in [0.5, 0.6) is 5.75 Å². The van der Waals surface area contributed by atoms with Gasteiger partial charge in [-0.2, -0.15) is 52.3 Å². The zero-order valence-corrected chi connectivity index (χ0v) is 17.8. The van der Waals surface area contributed by atoms with Gasteiger partial charge in [0.05, 0.1) is 12.2 Å². The van der Waals surface area contributed by atoms with Crippen molar-refractivity contribution in [3.8, 4) is 5.75 Å². The number of rotatable bonds is 10. The van der Waals surface area contributed by atoms with Gasteiger partial charge in [0.25, 0.3) is 0 Å². The zero-order chi connectivity index (χ0) is 28.4. The van der Waals surface area contributed by atoms with Gasteiger partial charge in [0, 0.05) is 12.5 Å². The van der Waals surface area contributed by atoms with Crippen molar-refractivity contribution in [2.45, 2.75) is 35.7 Å². The summed E-state index contributed by atoms with van der Waals surface area (Å²) in [6, 6.07) is 1.20. The molecule has 0 aliphatic carbocycles. The van der Waals surface area contributed by atoms with Crippen LogP contribution >= 0.6 is 0 Å². The van der Waals surface area contributed by atoms with E-state index < -0.39 is 75.7 Å². The maximum atomic E-state index is 13.7. The van der Waals surface area contributed by atoms with Crippen LogP contribution in [0, 0.1) is 0 Å². The first-order valence-corrected chi connectivity index (χ1v) is 10.1. The fraction of sp³-hybridized carbons (Fsp3) is 0.412. The van der Waals surface area contributed by atoms with Crippen LogP contribution < -0.4 is 4.74 Å². The zero-order valence-electron chi connectivity index (χ0n) is 17.0. The van der Waals surface area contributed by atoms with Crippen LogP contribution in [0.3, 0.4) is 0 Å². The SMILES string of the molecule is C=CC(=O)OC(OCCC(F)(F)C(F)(F)S(=O)(=O)O)(C(=O)Oc1ccc(C(F)(F)F)cc1)C(F)(F)F. The van der Waals surface area contributed by atoms with Crippen LogP contribution in [0.1, 0.15) is 12.0 Å². The van der Waals surface area contributed by atoms with Crippen molar-refractivity contribution in [2.24, 2.45) is 0 Å². The summed E-state index contributed by atoms with van der Waals surface area (Å²) < 4.78 is 174. The van der Waals surface area contributed by atoms with Gasteiger partial charge in [-0.25, -0.2) is 9.59 Å². The van der Waals surface area contributed by atoms with E-state index >= 15 is 0 Å². The molecule has 1 aromatic rings. The van der Waals surface area contributed by atoms with Gasteiger partial charge >= 0.3 is 51.4 Å². The summed E-state index contributed by atoms with van der Waals surface area (Å²) in [5, 5.41) is -6.22. The van der Waals surface area contributed by atoms with Crippen molar-refractivity contribution in [2.75, 3.05) is 6.61 Å². The van der Waals surface area contributed by atoms with Crippen LogP contribution in [0.4, 0.5) is 43.9 Å². The van der Waals surface area contributed by atoms with Crippen LogP contribution in [0.2, 0.25) is 0 Å².